The van der Waals surface area contributed by atoms with Crippen molar-refractivity contribution < 1.29 is 29.3 Å². The molecule has 34 heavy (non-hydrogen) atoms. The molecule has 3 aromatic carbocycles. The Morgan fingerprint density at radius 1 is 0.647 bits per heavy atom. The average Bonchev–Trinajstić information content (AvgIpc) is 2.89. The van der Waals surface area contributed by atoms with E-state index in [1.165, 1.54) is 6.08 Å². The first kappa shape index (κ1) is 24.9. The maximum atomic E-state index is 12.9. The van der Waals surface area contributed by atoms with Gasteiger partial charge < -0.3 is 19.7 Å². The Balaban J connectivity index is 1.73. The van der Waals surface area contributed by atoms with Crippen LogP contribution in [0.3, 0.4) is 0 Å². The van der Waals surface area contributed by atoms with E-state index >= 15 is 0 Å². The second-order valence-corrected chi connectivity index (χ2v) is 7.75. The van der Waals surface area contributed by atoms with Crippen molar-refractivity contribution in [1.82, 2.24) is 0 Å². The molecule has 0 radical (unpaired) electrons. The zero-order chi connectivity index (χ0) is 24.2. The molecule has 0 saturated carbocycles. The average molecular weight is 461 g/mol. The minimum absolute atomic E-state index is 0.0952. The lowest BCUT2D eigenvalue weighted by atomic mass is 10.0. The Kier molecular flexibility index (Phi) is 9.58. The van der Waals surface area contributed by atoms with E-state index in [0.717, 1.165) is 11.1 Å². The van der Waals surface area contributed by atoms with Crippen LogP contribution in [0.2, 0.25) is 0 Å². The number of carbonyl (C=O) groups is 2. The van der Waals surface area contributed by atoms with Crippen LogP contribution in [0.15, 0.2) is 96.6 Å². The third kappa shape index (κ3) is 7.13. The fraction of sp³-hybridized carbons (Fsp3) is 0.214. The lowest BCUT2D eigenvalue weighted by Crippen LogP contribution is -2.23. The number of rotatable bonds is 11. The van der Waals surface area contributed by atoms with Gasteiger partial charge >= 0.3 is 11.9 Å². The first-order chi connectivity index (χ1) is 16.6. The number of hydrogen-bond acceptors (Lipinski definition) is 6. The Labute approximate surface area is 199 Å². The summed E-state index contributed by atoms with van der Waals surface area (Å²) in [6.07, 6.45) is 1.41. The summed E-state index contributed by atoms with van der Waals surface area (Å²) in [6.45, 7) is -0.618. The van der Waals surface area contributed by atoms with Gasteiger partial charge in [0.2, 0.25) is 0 Å². The Hall–Kier alpha value is -3.74. The van der Waals surface area contributed by atoms with E-state index in [-0.39, 0.29) is 32.0 Å². The molecule has 3 aromatic rings. The highest BCUT2D eigenvalue weighted by atomic mass is 16.6. The van der Waals surface area contributed by atoms with E-state index < -0.39 is 23.8 Å². The first-order valence-electron chi connectivity index (χ1n) is 11.0. The first-order valence-corrected chi connectivity index (χ1v) is 11.0. The van der Waals surface area contributed by atoms with E-state index in [1.807, 2.05) is 66.7 Å². The Bertz CT molecular complexity index is 998. The maximum Gasteiger partial charge on any atom is 0.345 e. The highest BCUT2D eigenvalue weighted by molar-refractivity contribution is 6.17. The zero-order valence-corrected chi connectivity index (χ0v) is 18.7. The molecule has 0 aliphatic carbocycles. The van der Waals surface area contributed by atoms with Gasteiger partial charge in [-0.15, -0.1) is 0 Å². The summed E-state index contributed by atoms with van der Waals surface area (Å²) in [5, 5.41) is 19.5. The number of benzene rings is 3. The molecule has 2 atom stereocenters. The van der Waals surface area contributed by atoms with Crippen molar-refractivity contribution in [2.24, 2.45) is 0 Å². The van der Waals surface area contributed by atoms with Gasteiger partial charge in [0.25, 0.3) is 0 Å². The quantitative estimate of drug-likeness (QED) is 0.196. The van der Waals surface area contributed by atoms with Crippen LogP contribution in [0.25, 0.3) is 6.08 Å². The monoisotopic (exact) mass is 460 g/mol. The van der Waals surface area contributed by atoms with E-state index in [4.69, 9.17) is 9.47 Å². The van der Waals surface area contributed by atoms with Gasteiger partial charge in [-0.1, -0.05) is 91.0 Å². The lowest BCUT2D eigenvalue weighted by molar-refractivity contribution is -0.147. The zero-order valence-electron chi connectivity index (χ0n) is 18.7. The summed E-state index contributed by atoms with van der Waals surface area (Å²) in [7, 11) is 0. The fourth-order valence-corrected chi connectivity index (χ4v) is 3.38. The Morgan fingerprint density at radius 2 is 1.03 bits per heavy atom. The third-order valence-corrected chi connectivity index (χ3v) is 5.36. The summed E-state index contributed by atoms with van der Waals surface area (Å²) in [5.41, 5.74) is 2.01. The second-order valence-electron chi connectivity index (χ2n) is 7.75. The highest BCUT2D eigenvalue weighted by Crippen LogP contribution is 2.19. The van der Waals surface area contributed by atoms with Crippen LogP contribution in [0.5, 0.6) is 0 Å². The van der Waals surface area contributed by atoms with E-state index in [2.05, 4.69) is 0 Å². The van der Waals surface area contributed by atoms with Gasteiger partial charge in [-0.05, 0) is 22.8 Å². The van der Waals surface area contributed by atoms with Gasteiger partial charge in [-0.25, -0.2) is 9.59 Å². The molecule has 0 aliphatic rings. The number of carbonyl (C=O) groups excluding carboxylic acids is 2. The number of ether oxygens (including phenoxy) is 2. The van der Waals surface area contributed by atoms with Crippen molar-refractivity contribution in [3.8, 4) is 0 Å². The largest absolute Gasteiger partial charge is 0.461 e. The van der Waals surface area contributed by atoms with Crippen LogP contribution in [-0.4, -0.2) is 48.6 Å². The second kappa shape index (κ2) is 13.1. The van der Waals surface area contributed by atoms with Crippen molar-refractivity contribution in [1.29, 1.82) is 0 Å². The fourth-order valence-electron chi connectivity index (χ4n) is 3.38. The molecule has 0 saturated heterocycles. The number of aliphatic hydroxyl groups is 2. The van der Waals surface area contributed by atoms with Crippen molar-refractivity contribution in [3.05, 3.63) is 113 Å². The van der Waals surface area contributed by atoms with Gasteiger partial charge in [0.05, 0.1) is 13.2 Å². The van der Waals surface area contributed by atoms with Crippen LogP contribution < -0.4 is 0 Å². The Morgan fingerprint density at radius 3 is 1.41 bits per heavy atom. The van der Waals surface area contributed by atoms with Crippen molar-refractivity contribution >= 4 is 18.0 Å². The molecule has 2 N–H and O–H groups in total. The molecular weight excluding hydrogens is 432 g/mol. The molecule has 0 spiro atoms. The number of aliphatic hydroxyl groups excluding tert-OH is 2. The molecule has 2 unspecified atom stereocenters. The van der Waals surface area contributed by atoms with Crippen molar-refractivity contribution in [2.45, 2.75) is 11.8 Å². The predicted octanol–water partition coefficient (Wildman–Crippen LogP) is 3.71. The molecule has 0 aliphatic heterocycles. The van der Waals surface area contributed by atoms with Crippen LogP contribution in [0.4, 0.5) is 0 Å². The normalized spacial score (nSPS) is 12.3. The van der Waals surface area contributed by atoms with Crippen molar-refractivity contribution in [3.63, 3.8) is 0 Å². The summed E-state index contributed by atoms with van der Waals surface area (Å²) in [5.74, 6) is -2.53. The molecular formula is C28H28O6. The van der Waals surface area contributed by atoms with E-state index in [9.17, 15) is 19.8 Å². The van der Waals surface area contributed by atoms with Gasteiger partial charge in [0, 0.05) is 11.8 Å². The molecule has 0 fully saturated rings. The van der Waals surface area contributed by atoms with Gasteiger partial charge in [0.1, 0.15) is 18.8 Å². The molecule has 176 valence electrons. The summed E-state index contributed by atoms with van der Waals surface area (Å²) < 4.78 is 10.8. The number of esters is 2. The molecule has 0 heterocycles. The van der Waals surface area contributed by atoms with E-state index in [1.54, 1.807) is 24.3 Å². The minimum atomic E-state index is -0.844. The summed E-state index contributed by atoms with van der Waals surface area (Å²) in [4.78, 5) is 25.8. The minimum Gasteiger partial charge on any atom is -0.461 e. The van der Waals surface area contributed by atoms with E-state index in [0.29, 0.717) is 5.56 Å². The van der Waals surface area contributed by atoms with Crippen LogP contribution >= 0.6 is 0 Å². The molecule has 0 aromatic heterocycles. The molecule has 3 rings (SSSR count). The standard InChI is InChI=1S/C28H28O6/c29-17-24(22-12-6-2-7-13-22)19-33-27(31)26(16-21-10-4-1-5-11-21)28(32)34-20-25(18-30)23-14-8-3-9-15-23/h1-16,24-25,29-30H,17-20H2. The van der Waals surface area contributed by atoms with Gasteiger partial charge in [-0.2, -0.15) is 0 Å². The third-order valence-electron chi connectivity index (χ3n) is 5.36. The predicted molar refractivity (Wildman–Crippen MR) is 129 cm³/mol. The van der Waals surface area contributed by atoms with Crippen LogP contribution in [0.1, 0.15) is 28.5 Å². The van der Waals surface area contributed by atoms with Crippen LogP contribution in [0, 0.1) is 0 Å². The summed E-state index contributed by atoms with van der Waals surface area (Å²) >= 11 is 0. The highest BCUT2D eigenvalue weighted by Gasteiger charge is 2.25. The molecule has 0 amide bonds. The number of hydrogen-bond donors (Lipinski definition) is 2. The van der Waals surface area contributed by atoms with Gasteiger partial charge in [-0.3, -0.25) is 0 Å². The summed E-state index contributed by atoms with van der Waals surface area (Å²) in [6, 6.07) is 27.3. The van der Waals surface area contributed by atoms with Gasteiger partial charge in [0.15, 0.2) is 0 Å². The maximum absolute atomic E-state index is 12.9. The molecule has 6 heteroatoms. The molecule has 0 bridgehead atoms. The smallest absolute Gasteiger partial charge is 0.345 e. The molecule has 6 nitrogen and oxygen atoms in total. The topological polar surface area (TPSA) is 93.1 Å². The van der Waals surface area contributed by atoms with Crippen molar-refractivity contribution in [2.75, 3.05) is 26.4 Å². The van der Waals surface area contributed by atoms with Crippen LogP contribution in [-0.2, 0) is 19.1 Å². The lowest BCUT2D eigenvalue weighted by Gasteiger charge is -2.17. The SMILES string of the molecule is O=C(OCC(CO)c1ccccc1)C(=Cc1ccccc1)C(=O)OCC(CO)c1ccccc1.